The van der Waals surface area contributed by atoms with Crippen LogP contribution in [0.25, 0.3) is 11.3 Å². The van der Waals surface area contributed by atoms with E-state index in [9.17, 15) is 9.59 Å². The zero-order valence-corrected chi connectivity index (χ0v) is 15.1. The van der Waals surface area contributed by atoms with Crippen molar-refractivity contribution in [2.24, 2.45) is 0 Å². The zero-order valence-electron chi connectivity index (χ0n) is 15.1. The average Bonchev–Trinajstić information content (AvgIpc) is 3.11. The number of aromatic nitrogens is 1. The minimum Gasteiger partial charge on any atom is -0.443 e. The lowest BCUT2D eigenvalue weighted by atomic mass is 10.1. The Balaban J connectivity index is 1.60. The van der Waals surface area contributed by atoms with Crippen molar-refractivity contribution in [3.05, 3.63) is 42.4 Å². The molecule has 1 N–H and O–H groups in total. The maximum atomic E-state index is 12.8. The van der Waals surface area contributed by atoms with Crippen LogP contribution in [0.4, 0.5) is 0 Å². The van der Waals surface area contributed by atoms with Gasteiger partial charge in [-0.3, -0.25) is 14.5 Å². The first-order valence-electron chi connectivity index (χ1n) is 8.84. The number of hydrogen-bond acceptors (Lipinski definition) is 5. The molecule has 1 aliphatic heterocycles. The molecule has 0 spiro atoms. The Labute approximate surface area is 153 Å². The smallest absolute Gasteiger partial charge is 0.276 e. The summed E-state index contributed by atoms with van der Waals surface area (Å²) in [5.74, 6) is 0.376. The van der Waals surface area contributed by atoms with Gasteiger partial charge in [0.2, 0.25) is 5.91 Å². The highest BCUT2D eigenvalue weighted by Gasteiger charge is 2.27. The van der Waals surface area contributed by atoms with Crippen LogP contribution in [0.5, 0.6) is 0 Å². The number of rotatable bonds is 5. The van der Waals surface area contributed by atoms with Crippen LogP contribution >= 0.6 is 0 Å². The number of carbonyl (C=O) groups is 2. The van der Waals surface area contributed by atoms with Gasteiger partial charge in [-0.25, -0.2) is 4.98 Å². The van der Waals surface area contributed by atoms with Crippen molar-refractivity contribution >= 4 is 11.8 Å². The first kappa shape index (κ1) is 18.1. The van der Waals surface area contributed by atoms with Gasteiger partial charge in [0.15, 0.2) is 17.8 Å². The average molecular weight is 356 g/mol. The van der Waals surface area contributed by atoms with E-state index in [1.54, 1.807) is 4.90 Å². The Bertz CT molecular complexity index is 749. The summed E-state index contributed by atoms with van der Waals surface area (Å²) in [7, 11) is 0. The summed E-state index contributed by atoms with van der Waals surface area (Å²) in [5.41, 5.74) is 1.17. The molecule has 0 atom stereocenters. The lowest BCUT2D eigenvalue weighted by Gasteiger charge is -2.34. The summed E-state index contributed by atoms with van der Waals surface area (Å²) in [4.78, 5) is 32.7. The highest BCUT2D eigenvalue weighted by atomic mass is 16.3. The van der Waals surface area contributed by atoms with Crippen LogP contribution in [0.1, 0.15) is 24.3 Å². The Morgan fingerprint density at radius 2 is 1.85 bits per heavy atom. The molecule has 138 valence electrons. The van der Waals surface area contributed by atoms with Crippen molar-refractivity contribution in [2.45, 2.75) is 19.9 Å². The number of nitrogens with one attached hydrogen (secondary N) is 1. The molecule has 1 aliphatic rings. The molecule has 2 amide bonds. The van der Waals surface area contributed by atoms with Crippen molar-refractivity contribution in [2.75, 3.05) is 32.7 Å². The molecular weight excluding hydrogens is 332 g/mol. The highest BCUT2D eigenvalue weighted by molar-refractivity contribution is 5.97. The summed E-state index contributed by atoms with van der Waals surface area (Å²) in [6, 6.07) is 9.62. The molecule has 0 radical (unpaired) electrons. The molecule has 1 aromatic carbocycles. The number of oxazole rings is 1. The van der Waals surface area contributed by atoms with E-state index in [0.717, 1.165) is 5.56 Å². The van der Waals surface area contributed by atoms with Crippen LogP contribution in [0.3, 0.4) is 0 Å². The molecule has 1 saturated heterocycles. The van der Waals surface area contributed by atoms with Gasteiger partial charge in [0.25, 0.3) is 5.91 Å². The van der Waals surface area contributed by atoms with Crippen LogP contribution in [-0.4, -0.2) is 65.4 Å². The van der Waals surface area contributed by atoms with Gasteiger partial charge in [0.1, 0.15) is 0 Å². The van der Waals surface area contributed by atoms with Crippen LogP contribution in [-0.2, 0) is 4.79 Å². The van der Waals surface area contributed by atoms with Gasteiger partial charge in [-0.05, 0) is 13.8 Å². The second-order valence-electron chi connectivity index (χ2n) is 6.69. The zero-order chi connectivity index (χ0) is 18.5. The lowest BCUT2D eigenvalue weighted by molar-refractivity contribution is -0.123. The van der Waals surface area contributed by atoms with Crippen LogP contribution in [0.15, 0.2) is 41.1 Å². The van der Waals surface area contributed by atoms with Crippen molar-refractivity contribution in [1.29, 1.82) is 0 Å². The minimum absolute atomic E-state index is 0.0163. The number of nitrogens with zero attached hydrogens (tertiary/aromatic N) is 3. The second-order valence-corrected chi connectivity index (χ2v) is 6.69. The monoisotopic (exact) mass is 356 g/mol. The Kier molecular flexibility index (Phi) is 5.68. The first-order valence-corrected chi connectivity index (χ1v) is 8.84. The molecule has 0 unspecified atom stereocenters. The third kappa shape index (κ3) is 4.29. The normalized spacial score (nSPS) is 15.3. The van der Waals surface area contributed by atoms with Gasteiger partial charge in [0, 0.05) is 37.8 Å². The predicted molar refractivity (Wildman–Crippen MR) is 97.6 cm³/mol. The summed E-state index contributed by atoms with van der Waals surface area (Å²) < 4.78 is 5.45. The summed E-state index contributed by atoms with van der Waals surface area (Å²) >= 11 is 0. The molecule has 0 bridgehead atoms. The van der Waals surface area contributed by atoms with Crippen molar-refractivity contribution in [1.82, 2.24) is 20.1 Å². The van der Waals surface area contributed by atoms with Crippen molar-refractivity contribution < 1.29 is 14.0 Å². The van der Waals surface area contributed by atoms with E-state index in [1.165, 1.54) is 6.39 Å². The minimum atomic E-state index is -0.135. The molecule has 3 rings (SSSR count). The Morgan fingerprint density at radius 1 is 1.15 bits per heavy atom. The number of amides is 2. The molecule has 0 saturated carbocycles. The fraction of sp³-hybridized carbons (Fsp3) is 0.421. The standard InChI is InChI=1S/C19H24N4O3/c1-14(2)21-16(24)12-22-8-10-23(11-9-22)19(25)17-18(26-13-20-17)15-6-4-3-5-7-15/h3-7,13-14H,8-12H2,1-2H3,(H,21,24). The Hall–Kier alpha value is -2.67. The summed E-state index contributed by atoms with van der Waals surface area (Å²) in [6.45, 7) is 6.70. The van der Waals surface area contributed by atoms with Gasteiger partial charge in [0.05, 0.1) is 6.54 Å². The van der Waals surface area contributed by atoms with E-state index < -0.39 is 0 Å². The predicted octanol–water partition coefficient (Wildman–Crippen LogP) is 1.62. The molecule has 2 aromatic rings. The number of carbonyl (C=O) groups excluding carboxylic acids is 2. The topological polar surface area (TPSA) is 78.7 Å². The number of hydrogen-bond donors (Lipinski definition) is 1. The highest BCUT2D eigenvalue weighted by Crippen LogP contribution is 2.24. The van der Waals surface area contributed by atoms with Gasteiger partial charge in [-0.15, -0.1) is 0 Å². The van der Waals surface area contributed by atoms with Gasteiger partial charge < -0.3 is 14.6 Å². The van der Waals surface area contributed by atoms with Crippen LogP contribution in [0, 0.1) is 0 Å². The lowest BCUT2D eigenvalue weighted by Crippen LogP contribution is -2.51. The maximum absolute atomic E-state index is 12.8. The van der Waals surface area contributed by atoms with E-state index in [2.05, 4.69) is 15.2 Å². The van der Waals surface area contributed by atoms with Crippen molar-refractivity contribution in [3.8, 4) is 11.3 Å². The van der Waals surface area contributed by atoms with Crippen LogP contribution in [0.2, 0.25) is 0 Å². The number of benzene rings is 1. The molecular formula is C19H24N4O3. The van der Waals surface area contributed by atoms with Gasteiger partial charge >= 0.3 is 0 Å². The van der Waals surface area contributed by atoms with Crippen molar-refractivity contribution in [3.63, 3.8) is 0 Å². The molecule has 2 heterocycles. The fourth-order valence-electron chi connectivity index (χ4n) is 3.02. The summed E-state index contributed by atoms with van der Waals surface area (Å²) in [6.07, 6.45) is 1.31. The summed E-state index contributed by atoms with van der Waals surface area (Å²) in [5, 5.41) is 2.89. The molecule has 0 aliphatic carbocycles. The second kappa shape index (κ2) is 8.14. The van der Waals surface area contributed by atoms with E-state index in [1.807, 2.05) is 44.2 Å². The SMILES string of the molecule is CC(C)NC(=O)CN1CCN(C(=O)c2ncoc2-c2ccccc2)CC1. The molecule has 26 heavy (non-hydrogen) atoms. The van der Waals surface area contributed by atoms with E-state index >= 15 is 0 Å². The van der Waals surface area contributed by atoms with E-state index in [4.69, 9.17) is 4.42 Å². The van der Waals surface area contributed by atoms with Gasteiger partial charge in [-0.1, -0.05) is 30.3 Å². The third-order valence-corrected chi connectivity index (χ3v) is 4.28. The molecule has 7 nitrogen and oxygen atoms in total. The third-order valence-electron chi connectivity index (χ3n) is 4.28. The first-order chi connectivity index (χ1) is 12.5. The largest absolute Gasteiger partial charge is 0.443 e. The molecule has 1 fully saturated rings. The van der Waals surface area contributed by atoms with E-state index in [-0.39, 0.29) is 17.9 Å². The van der Waals surface area contributed by atoms with Gasteiger partial charge in [-0.2, -0.15) is 0 Å². The van der Waals surface area contributed by atoms with Crippen LogP contribution < -0.4 is 5.32 Å². The Morgan fingerprint density at radius 3 is 2.50 bits per heavy atom. The quantitative estimate of drug-likeness (QED) is 0.881. The maximum Gasteiger partial charge on any atom is 0.276 e. The fourth-order valence-corrected chi connectivity index (χ4v) is 3.02. The van der Waals surface area contributed by atoms with E-state index in [0.29, 0.717) is 44.2 Å². The number of piperazine rings is 1. The molecule has 7 heteroatoms. The molecule has 1 aromatic heterocycles.